The normalized spacial score (nSPS) is 16.8. The number of amides is 1. The minimum absolute atomic E-state index is 0.0719. The molecule has 1 unspecified atom stereocenters. The van der Waals surface area contributed by atoms with Crippen molar-refractivity contribution < 1.29 is 13.9 Å². The second-order valence-electron chi connectivity index (χ2n) is 7.36. The van der Waals surface area contributed by atoms with Gasteiger partial charge in [0.15, 0.2) is 5.96 Å². The van der Waals surface area contributed by atoms with Gasteiger partial charge < -0.3 is 25.1 Å². The topological polar surface area (TPSA) is 91.1 Å². The van der Waals surface area contributed by atoms with E-state index in [4.69, 9.17) is 9.15 Å². The van der Waals surface area contributed by atoms with E-state index >= 15 is 0 Å². The van der Waals surface area contributed by atoms with Crippen LogP contribution in [0.4, 0.5) is 0 Å². The van der Waals surface area contributed by atoms with Crippen LogP contribution < -0.4 is 16.0 Å². The zero-order valence-electron chi connectivity index (χ0n) is 17.4. The van der Waals surface area contributed by atoms with Crippen molar-refractivity contribution in [1.82, 2.24) is 20.9 Å². The molecule has 1 fully saturated rings. The number of hydrogen-bond donors (Lipinski definition) is 3. The highest BCUT2D eigenvalue weighted by atomic mass is 16.5. The lowest BCUT2D eigenvalue weighted by Gasteiger charge is -2.35. The molecule has 1 amide bonds. The molecule has 1 aliphatic heterocycles. The average molecular weight is 394 g/mol. The Kier molecular flexibility index (Phi) is 9.85. The maximum absolute atomic E-state index is 12.0. The Labute approximate surface area is 168 Å². The summed E-state index contributed by atoms with van der Waals surface area (Å²) in [6.07, 6.45) is 2.70. The van der Waals surface area contributed by atoms with Gasteiger partial charge in [-0.05, 0) is 31.4 Å². The molecule has 2 heterocycles. The SMILES string of the molecule is CCNC(=NCC(=O)NCc1ccco1)NCC(CC(C)C)N1CCOCC1. The summed E-state index contributed by atoms with van der Waals surface area (Å²) in [6.45, 7) is 12.0. The highest BCUT2D eigenvalue weighted by molar-refractivity contribution is 5.84. The maximum Gasteiger partial charge on any atom is 0.242 e. The van der Waals surface area contributed by atoms with Crippen molar-refractivity contribution >= 4 is 11.9 Å². The highest BCUT2D eigenvalue weighted by Gasteiger charge is 2.22. The van der Waals surface area contributed by atoms with Crippen LogP contribution in [-0.4, -0.2) is 68.7 Å². The van der Waals surface area contributed by atoms with E-state index in [0.717, 1.165) is 51.6 Å². The number of nitrogens with one attached hydrogen (secondary N) is 3. The Bertz CT molecular complexity index is 583. The number of carbonyl (C=O) groups excluding carboxylic acids is 1. The van der Waals surface area contributed by atoms with Gasteiger partial charge in [0.2, 0.25) is 5.91 Å². The van der Waals surface area contributed by atoms with Crippen LogP contribution in [0.1, 0.15) is 33.0 Å². The van der Waals surface area contributed by atoms with E-state index < -0.39 is 0 Å². The van der Waals surface area contributed by atoms with Crippen molar-refractivity contribution in [2.75, 3.05) is 45.9 Å². The number of hydrogen-bond acceptors (Lipinski definition) is 5. The molecule has 1 saturated heterocycles. The lowest BCUT2D eigenvalue weighted by Crippen LogP contribution is -2.51. The number of aliphatic imine (C=N–C) groups is 1. The first-order chi connectivity index (χ1) is 13.6. The van der Waals surface area contributed by atoms with Gasteiger partial charge in [0.1, 0.15) is 12.3 Å². The van der Waals surface area contributed by atoms with E-state index in [0.29, 0.717) is 24.5 Å². The van der Waals surface area contributed by atoms with Crippen LogP contribution >= 0.6 is 0 Å². The van der Waals surface area contributed by atoms with Crippen LogP contribution in [0.3, 0.4) is 0 Å². The standard InChI is InChI=1S/C20H35N5O3/c1-4-21-20(24-15-19(26)22-14-18-6-5-9-28-18)23-13-17(12-16(2)3)25-7-10-27-11-8-25/h5-6,9,16-17H,4,7-8,10-15H2,1-3H3,(H,22,26)(H2,21,23,24). The van der Waals surface area contributed by atoms with Crippen molar-refractivity contribution in [1.29, 1.82) is 0 Å². The van der Waals surface area contributed by atoms with E-state index in [1.165, 1.54) is 0 Å². The largest absolute Gasteiger partial charge is 0.467 e. The summed E-state index contributed by atoms with van der Waals surface area (Å²) < 4.78 is 10.7. The van der Waals surface area contributed by atoms with Gasteiger partial charge in [-0.1, -0.05) is 13.8 Å². The first-order valence-electron chi connectivity index (χ1n) is 10.2. The number of morpholine rings is 1. The van der Waals surface area contributed by atoms with Crippen molar-refractivity contribution in [2.45, 2.75) is 39.8 Å². The van der Waals surface area contributed by atoms with E-state index in [2.05, 4.69) is 39.7 Å². The van der Waals surface area contributed by atoms with Gasteiger partial charge in [-0.25, -0.2) is 4.99 Å². The van der Waals surface area contributed by atoms with Crippen molar-refractivity contribution in [3.63, 3.8) is 0 Å². The number of furan rings is 1. The van der Waals surface area contributed by atoms with Gasteiger partial charge in [0, 0.05) is 32.2 Å². The van der Waals surface area contributed by atoms with Gasteiger partial charge in [-0.3, -0.25) is 9.69 Å². The third kappa shape index (κ3) is 8.31. The molecule has 0 bridgehead atoms. The number of rotatable bonds is 10. The molecule has 1 atom stereocenters. The van der Waals surface area contributed by atoms with E-state index in [1.807, 2.05) is 13.0 Å². The number of carbonyl (C=O) groups is 1. The van der Waals surface area contributed by atoms with Gasteiger partial charge in [0.05, 0.1) is 26.0 Å². The van der Waals surface area contributed by atoms with Crippen molar-refractivity contribution in [2.24, 2.45) is 10.9 Å². The summed E-state index contributed by atoms with van der Waals surface area (Å²) in [4.78, 5) is 18.9. The van der Waals surface area contributed by atoms with Crippen LogP contribution in [-0.2, 0) is 16.1 Å². The Hall–Kier alpha value is -2.06. The van der Waals surface area contributed by atoms with Gasteiger partial charge >= 0.3 is 0 Å². The third-order valence-corrected chi connectivity index (χ3v) is 4.58. The number of guanidine groups is 1. The van der Waals surface area contributed by atoms with Gasteiger partial charge in [-0.15, -0.1) is 0 Å². The summed E-state index contributed by atoms with van der Waals surface area (Å²) in [7, 11) is 0. The van der Waals surface area contributed by atoms with E-state index in [-0.39, 0.29) is 12.5 Å². The molecule has 0 aliphatic carbocycles. The second-order valence-corrected chi connectivity index (χ2v) is 7.36. The summed E-state index contributed by atoms with van der Waals surface area (Å²) >= 11 is 0. The van der Waals surface area contributed by atoms with E-state index in [9.17, 15) is 4.79 Å². The Morgan fingerprint density at radius 3 is 2.68 bits per heavy atom. The summed E-state index contributed by atoms with van der Waals surface area (Å²) in [5, 5.41) is 9.43. The van der Waals surface area contributed by atoms with Crippen LogP contribution in [0.5, 0.6) is 0 Å². The first-order valence-corrected chi connectivity index (χ1v) is 10.2. The fourth-order valence-corrected chi connectivity index (χ4v) is 3.21. The fraction of sp³-hybridized carbons (Fsp3) is 0.700. The lowest BCUT2D eigenvalue weighted by atomic mass is 10.0. The highest BCUT2D eigenvalue weighted by Crippen LogP contribution is 2.13. The predicted molar refractivity (Wildman–Crippen MR) is 110 cm³/mol. The Morgan fingerprint density at radius 1 is 1.25 bits per heavy atom. The average Bonchev–Trinajstić information content (AvgIpc) is 3.21. The molecule has 1 aromatic rings. The zero-order valence-corrected chi connectivity index (χ0v) is 17.4. The smallest absolute Gasteiger partial charge is 0.242 e. The molecule has 8 nitrogen and oxygen atoms in total. The van der Waals surface area contributed by atoms with Gasteiger partial charge in [0.25, 0.3) is 0 Å². The first kappa shape index (κ1) is 22.2. The molecule has 8 heteroatoms. The number of nitrogens with zero attached hydrogens (tertiary/aromatic N) is 2. The molecule has 0 radical (unpaired) electrons. The van der Waals surface area contributed by atoms with Crippen molar-refractivity contribution in [3.05, 3.63) is 24.2 Å². The Morgan fingerprint density at radius 2 is 2.04 bits per heavy atom. The van der Waals surface area contributed by atoms with Gasteiger partial charge in [-0.2, -0.15) is 0 Å². The fourth-order valence-electron chi connectivity index (χ4n) is 3.21. The summed E-state index contributed by atoms with van der Waals surface area (Å²) in [5.41, 5.74) is 0. The third-order valence-electron chi connectivity index (χ3n) is 4.58. The quantitative estimate of drug-likeness (QED) is 0.409. The molecule has 1 aliphatic rings. The molecule has 0 spiro atoms. The molecule has 158 valence electrons. The summed E-state index contributed by atoms with van der Waals surface area (Å²) in [5.74, 6) is 1.86. The summed E-state index contributed by atoms with van der Waals surface area (Å²) in [6, 6.07) is 4.05. The molecule has 1 aromatic heterocycles. The molecular weight excluding hydrogens is 358 g/mol. The number of ether oxygens (including phenoxy) is 1. The minimum atomic E-state index is -0.138. The van der Waals surface area contributed by atoms with Crippen LogP contribution in [0.2, 0.25) is 0 Å². The van der Waals surface area contributed by atoms with Crippen LogP contribution in [0, 0.1) is 5.92 Å². The van der Waals surface area contributed by atoms with Crippen molar-refractivity contribution in [3.8, 4) is 0 Å². The van der Waals surface area contributed by atoms with Crippen LogP contribution in [0.25, 0.3) is 0 Å². The molecule has 2 rings (SSSR count). The molecule has 3 N–H and O–H groups in total. The molecular formula is C20H35N5O3. The van der Waals surface area contributed by atoms with E-state index in [1.54, 1.807) is 12.3 Å². The molecule has 28 heavy (non-hydrogen) atoms. The predicted octanol–water partition coefficient (Wildman–Crippen LogP) is 1.20. The Balaban J connectivity index is 1.84. The molecule has 0 saturated carbocycles. The van der Waals surface area contributed by atoms with Crippen LogP contribution in [0.15, 0.2) is 27.8 Å². The minimum Gasteiger partial charge on any atom is -0.467 e. The molecule has 0 aromatic carbocycles. The monoisotopic (exact) mass is 393 g/mol. The maximum atomic E-state index is 12.0. The lowest BCUT2D eigenvalue weighted by molar-refractivity contribution is -0.119. The zero-order chi connectivity index (χ0) is 20.2. The second kappa shape index (κ2) is 12.4.